The first-order chi connectivity index (χ1) is 9.75. The van der Waals surface area contributed by atoms with Crippen molar-refractivity contribution in [3.8, 4) is 0 Å². The maximum Gasteiger partial charge on any atom is 0.0136 e. The molecule has 1 nitrogen and oxygen atoms in total. The molecule has 0 unspecified atom stereocenters. The number of hydrogen-bond donors (Lipinski definition) is 0. The van der Waals surface area contributed by atoms with Crippen LogP contribution < -0.4 is 0 Å². The lowest BCUT2D eigenvalue weighted by molar-refractivity contribution is 0.259. The molecule has 0 fully saturated rings. The van der Waals surface area contributed by atoms with Gasteiger partial charge in [0.15, 0.2) is 0 Å². The fourth-order valence-corrected chi connectivity index (χ4v) is 4.41. The van der Waals surface area contributed by atoms with Crippen LogP contribution in [-0.2, 0) is 0 Å². The highest BCUT2D eigenvalue weighted by Crippen LogP contribution is 2.55. The summed E-state index contributed by atoms with van der Waals surface area (Å²) in [5.41, 5.74) is 6.31. The Kier molecular flexibility index (Phi) is 2.71. The minimum absolute atomic E-state index is 0.592. The highest BCUT2D eigenvalue weighted by molar-refractivity contribution is 5.55. The van der Waals surface area contributed by atoms with E-state index in [9.17, 15) is 0 Å². The monoisotopic (exact) mass is 263 g/mol. The molecule has 0 radical (unpaired) electrons. The molecule has 1 atom stereocenters. The van der Waals surface area contributed by atoms with Gasteiger partial charge < -0.3 is 4.90 Å². The molecular formula is C19H21N. The smallest absolute Gasteiger partial charge is 0.0136 e. The fourth-order valence-electron chi connectivity index (χ4n) is 4.41. The quantitative estimate of drug-likeness (QED) is 0.795. The summed E-state index contributed by atoms with van der Waals surface area (Å²) in [6, 6.07) is 18.2. The van der Waals surface area contributed by atoms with Crippen molar-refractivity contribution in [1.29, 1.82) is 0 Å². The second kappa shape index (κ2) is 4.46. The Hall–Kier alpha value is -1.60. The lowest BCUT2D eigenvalue weighted by Crippen LogP contribution is -2.37. The van der Waals surface area contributed by atoms with Crippen LogP contribution >= 0.6 is 0 Å². The van der Waals surface area contributed by atoms with Crippen LogP contribution in [0.4, 0.5) is 0 Å². The van der Waals surface area contributed by atoms with Gasteiger partial charge in [0.25, 0.3) is 0 Å². The van der Waals surface area contributed by atoms with E-state index in [4.69, 9.17) is 0 Å². The summed E-state index contributed by atoms with van der Waals surface area (Å²) in [5, 5.41) is 0. The molecule has 3 aliphatic rings. The van der Waals surface area contributed by atoms with Gasteiger partial charge in [-0.05, 0) is 48.7 Å². The van der Waals surface area contributed by atoms with E-state index in [0.29, 0.717) is 11.8 Å². The zero-order chi connectivity index (χ0) is 13.7. The average molecular weight is 263 g/mol. The number of nitrogens with zero attached hydrogens (tertiary/aromatic N) is 1. The number of benzene rings is 2. The Morgan fingerprint density at radius 2 is 1.35 bits per heavy atom. The summed E-state index contributed by atoms with van der Waals surface area (Å²) in [6.45, 7) is 1.18. The molecule has 0 aliphatic heterocycles. The third-order valence-electron chi connectivity index (χ3n) is 5.02. The summed E-state index contributed by atoms with van der Waals surface area (Å²) in [7, 11) is 4.39. The maximum atomic E-state index is 2.35. The standard InChI is InChI=1S/C19H21N/c1-20(2)12-13-11-18-14-7-3-5-9-16(14)19(13)17-10-6-4-8-15(17)18/h3-10,13,18-19H,11-12H2,1-2H3/t13-,18?,19?/m0/s1. The van der Waals surface area contributed by atoms with Gasteiger partial charge in [0.2, 0.25) is 0 Å². The van der Waals surface area contributed by atoms with Gasteiger partial charge in [-0.15, -0.1) is 0 Å². The molecule has 0 N–H and O–H groups in total. The minimum atomic E-state index is 0.592. The van der Waals surface area contributed by atoms with E-state index in [2.05, 4.69) is 67.5 Å². The lowest BCUT2D eigenvalue weighted by atomic mass is 9.59. The third kappa shape index (κ3) is 1.66. The second-order valence-electron chi connectivity index (χ2n) is 6.55. The van der Waals surface area contributed by atoms with Gasteiger partial charge in [0, 0.05) is 18.4 Å². The van der Waals surface area contributed by atoms with Crippen molar-refractivity contribution in [2.45, 2.75) is 18.3 Å². The van der Waals surface area contributed by atoms with Crippen LogP contribution in [0.1, 0.15) is 40.5 Å². The topological polar surface area (TPSA) is 3.24 Å². The number of hydrogen-bond acceptors (Lipinski definition) is 1. The summed E-state index contributed by atoms with van der Waals surface area (Å²) >= 11 is 0. The third-order valence-corrected chi connectivity index (χ3v) is 5.02. The van der Waals surface area contributed by atoms with E-state index < -0.39 is 0 Å². The molecule has 102 valence electrons. The largest absolute Gasteiger partial charge is 0.309 e. The minimum Gasteiger partial charge on any atom is -0.309 e. The van der Waals surface area contributed by atoms with Crippen molar-refractivity contribution in [2.75, 3.05) is 20.6 Å². The Labute approximate surface area is 121 Å². The molecule has 0 spiro atoms. The zero-order valence-electron chi connectivity index (χ0n) is 12.2. The van der Waals surface area contributed by atoms with E-state index in [1.807, 2.05) is 0 Å². The molecule has 0 amide bonds. The van der Waals surface area contributed by atoms with E-state index in [1.54, 1.807) is 22.3 Å². The molecule has 2 aromatic carbocycles. The number of rotatable bonds is 2. The molecular weight excluding hydrogens is 242 g/mol. The summed E-state index contributed by atoms with van der Waals surface area (Å²) in [5.74, 6) is 1.95. The van der Waals surface area contributed by atoms with Crippen LogP contribution in [-0.4, -0.2) is 25.5 Å². The lowest BCUT2D eigenvalue weighted by Gasteiger charge is -2.46. The van der Waals surface area contributed by atoms with Gasteiger partial charge in [-0.2, -0.15) is 0 Å². The van der Waals surface area contributed by atoms with Gasteiger partial charge in [0.1, 0.15) is 0 Å². The van der Waals surface area contributed by atoms with Gasteiger partial charge in [-0.3, -0.25) is 0 Å². The van der Waals surface area contributed by atoms with E-state index in [0.717, 1.165) is 5.92 Å². The molecule has 0 heterocycles. The molecule has 0 saturated carbocycles. The van der Waals surface area contributed by atoms with Crippen LogP contribution in [0.5, 0.6) is 0 Å². The summed E-state index contributed by atoms with van der Waals surface area (Å²) < 4.78 is 0. The average Bonchev–Trinajstić information content (AvgIpc) is 2.47. The first kappa shape index (κ1) is 12.2. The normalized spacial score (nSPS) is 26.4. The molecule has 2 aromatic rings. The van der Waals surface area contributed by atoms with Crippen molar-refractivity contribution in [2.24, 2.45) is 5.92 Å². The Morgan fingerprint density at radius 3 is 1.85 bits per heavy atom. The Balaban J connectivity index is 1.89. The summed E-state index contributed by atoms with van der Waals surface area (Å²) in [6.07, 6.45) is 1.30. The van der Waals surface area contributed by atoms with E-state index in [1.165, 1.54) is 13.0 Å². The zero-order valence-corrected chi connectivity index (χ0v) is 12.2. The van der Waals surface area contributed by atoms with Gasteiger partial charge in [0.05, 0.1) is 0 Å². The molecule has 0 saturated heterocycles. The molecule has 0 aromatic heterocycles. The maximum absolute atomic E-state index is 2.35. The summed E-state index contributed by atoms with van der Waals surface area (Å²) in [4.78, 5) is 2.34. The highest BCUT2D eigenvalue weighted by atomic mass is 15.1. The van der Waals surface area contributed by atoms with Crippen molar-refractivity contribution >= 4 is 0 Å². The van der Waals surface area contributed by atoms with Crippen molar-refractivity contribution in [3.05, 3.63) is 70.8 Å². The van der Waals surface area contributed by atoms with Crippen LogP contribution in [0.3, 0.4) is 0 Å². The van der Waals surface area contributed by atoms with Gasteiger partial charge >= 0.3 is 0 Å². The first-order valence-corrected chi connectivity index (χ1v) is 7.58. The second-order valence-corrected chi connectivity index (χ2v) is 6.55. The van der Waals surface area contributed by atoms with Crippen molar-refractivity contribution in [1.82, 2.24) is 4.90 Å². The fraction of sp³-hybridized carbons (Fsp3) is 0.368. The molecule has 2 bridgehead atoms. The van der Waals surface area contributed by atoms with Crippen molar-refractivity contribution < 1.29 is 0 Å². The van der Waals surface area contributed by atoms with Crippen LogP contribution in [0, 0.1) is 5.92 Å². The first-order valence-electron chi connectivity index (χ1n) is 7.58. The molecule has 1 heteroatoms. The predicted octanol–water partition coefficient (Wildman–Crippen LogP) is 3.85. The Morgan fingerprint density at radius 1 is 0.850 bits per heavy atom. The molecule has 20 heavy (non-hydrogen) atoms. The Bertz CT molecular complexity index is 596. The molecule has 5 rings (SSSR count). The SMILES string of the molecule is CN(C)C[C@@H]1CC2c3ccccc3C1c1ccccc12. The van der Waals surface area contributed by atoms with E-state index in [-0.39, 0.29) is 0 Å². The predicted molar refractivity (Wildman–Crippen MR) is 83.2 cm³/mol. The van der Waals surface area contributed by atoms with Gasteiger partial charge in [-0.25, -0.2) is 0 Å². The number of fused-ring (bicyclic) bond motifs is 1. The van der Waals surface area contributed by atoms with Gasteiger partial charge in [-0.1, -0.05) is 48.5 Å². The van der Waals surface area contributed by atoms with Crippen LogP contribution in [0.2, 0.25) is 0 Å². The van der Waals surface area contributed by atoms with Crippen molar-refractivity contribution in [3.63, 3.8) is 0 Å². The van der Waals surface area contributed by atoms with E-state index >= 15 is 0 Å². The molecule has 3 aliphatic carbocycles. The van der Waals surface area contributed by atoms with Crippen LogP contribution in [0.25, 0.3) is 0 Å². The van der Waals surface area contributed by atoms with Crippen LogP contribution in [0.15, 0.2) is 48.5 Å². The highest BCUT2D eigenvalue weighted by Gasteiger charge is 2.42.